The zero-order valence-electron chi connectivity index (χ0n) is 9.75. The summed E-state index contributed by atoms with van der Waals surface area (Å²) in [5.74, 6) is 0.174. The number of likely N-dealkylation sites (N-methyl/N-ethyl adjacent to an activating group) is 1. The fourth-order valence-electron chi connectivity index (χ4n) is 0.987. The summed E-state index contributed by atoms with van der Waals surface area (Å²) in [5.41, 5.74) is 0. The largest absolute Gasteiger partial charge is 0.380 e. The van der Waals surface area contributed by atoms with Crippen LogP contribution in [0, 0.1) is 0 Å². The number of carbonyl (C=O) groups is 1. The molecule has 0 aliphatic heterocycles. The summed E-state index contributed by atoms with van der Waals surface area (Å²) in [6, 6.07) is 0. The summed E-state index contributed by atoms with van der Waals surface area (Å²) in [4.78, 5) is 15.0. The number of hydrogen-bond donors (Lipinski definition) is 0. The Morgan fingerprint density at radius 1 is 1.21 bits per heavy atom. The van der Waals surface area contributed by atoms with E-state index in [0.29, 0.717) is 6.42 Å². The first-order valence-corrected chi connectivity index (χ1v) is 5.04. The summed E-state index contributed by atoms with van der Waals surface area (Å²) >= 11 is 0. The van der Waals surface area contributed by atoms with Gasteiger partial charge in [0, 0.05) is 40.2 Å². The van der Waals surface area contributed by atoms with Gasteiger partial charge in [-0.15, -0.1) is 0 Å². The molecule has 0 spiro atoms. The van der Waals surface area contributed by atoms with E-state index in [9.17, 15) is 4.79 Å². The van der Waals surface area contributed by atoms with Crippen LogP contribution in [0.3, 0.4) is 0 Å². The standard InChI is InChI=1S/C10H22N2O2/c1-5-14-9-8-12(4)7-6-10(13)11(2)3/h5-9H2,1-4H3. The quantitative estimate of drug-likeness (QED) is 0.561. The van der Waals surface area contributed by atoms with Crippen LogP contribution in [0.25, 0.3) is 0 Å². The fourth-order valence-corrected chi connectivity index (χ4v) is 0.987. The van der Waals surface area contributed by atoms with E-state index in [2.05, 4.69) is 4.90 Å². The van der Waals surface area contributed by atoms with Crippen LogP contribution in [-0.4, -0.2) is 63.2 Å². The lowest BCUT2D eigenvalue weighted by Gasteiger charge is -2.17. The van der Waals surface area contributed by atoms with Crippen LogP contribution in [-0.2, 0) is 9.53 Å². The van der Waals surface area contributed by atoms with Gasteiger partial charge in [-0.05, 0) is 14.0 Å². The van der Waals surface area contributed by atoms with Gasteiger partial charge in [0.15, 0.2) is 0 Å². The van der Waals surface area contributed by atoms with Gasteiger partial charge in [0.1, 0.15) is 0 Å². The monoisotopic (exact) mass is 202 g/mol. The molecule has 84 valence electrons. The highest BCUT2D eigenvalue weighted by atomic mass is 16.5. The van der Waals surface area contributed by atoms with Crippen molar-refractivity contribution >= 4 is 5.91 Å². The van der Waals surface area contributed by atoms with E-state index in [-0.39, 0.29) is 5.91 Å². The summed E-state index contributed by atoms with van der Waals surface area (Å²) in [5, 5.41) is 0. The van der Waals surface area contributed by atoms with Crippen LogP contribution >= 0.6 is 0 Å². The van der Waals surface area contributed by atoms with Crippen molar-refractivity contribution in [3.05, 3.63) is 0 Å². The number of carbonyl (C=O) groups excluding carboxylic acids is 1. The lowest BCUT2D eigenvalue weighted by Crippen LogP contribution is -2.30. The Morgan fingerprint density at radius 2 is 1.86 bits per heavy atom. The van der Waals surface area contributed by atoms with E-state index in [1.54, 1.807) is 19.0 Å². The highest BCUT2D eigenvalue weighted by Gasteiger charge is 2.05. The SMILES string of the molecule is CCOCCN(C)CCC(=O)N(C)C. The van der Waals surface area contributed by atoms with Gasteiger partial charge in [-0.25, -0.2) is 0 Å². The van der Waals surface area contributed by atoms with Gasteiger partial charge in [0.25, 0.3) is 0 Å². The molecule has 0 radical (unpaired) electrons. The molecule has 0 aliphatic rings. The van der Waals surface area contributed by atoms with Crippen molar-refractivity contribution in [3.8, 4) is 0 Å². The molecule has 0 atom stereocenters. The second-order valence-electron chi connectivity index (χ2n) is 3.54. The van der Waals surface area contributed by atoms with E-state index < -0.39 is 0 Å². The molecule has 4 nitrogen and oxygen atoms in total. The lowest BCUT2D eigenvalue weighted by atomic mass is 10.3. The Balaban J connectivity index is 3.43. The summed E-state index contributed by atoms with van der Waals surface area (Å²) in [7, 11) is 5.56. The van der Waals surface area contributed by atoms with Crippen molar-refractivity contribution in [1.82, 2.24) is 9.80 Å². The van der Waals surface area contributed by atoms with Crippen LogP contribution in [0.5, 0.6) is 0 Å². The molecule has 0 rings (SSSR count). The van der Waals surface area contributed by atoms with E-state index in [4.69, 9.17) is 4.74 Å². The predicted octanol–water partition coefficient (Wildman–Crippen LogP) is 0.433. The van der Waals surface area contributed by atoms with Gasteiger partial charge < -0.3 is 14.5 Å². The molecule has 0 saturated heterocycles. The normalized spacial score (nSPS) is 10.6. The van der Waals surface area contributed by atoms with E-state index in [1.807, 2.05) is 14.0 Å². The summed E-state index contributed by atoms with van der Waals surface area (Å²) < 4.78 is 5.22. The van der Waals surface area contributed by atoms with Gasteiger partial charge in [0.2, 0.25) is 5.91 Å². The maximum Gasteiger partial charge on any atom is 0.223 e. The number of amides is 1. The molecule has 1 amide bonds. The van der Waals surface area contributed by atoms with Crippen molar-refractivity contribution in [2.45, 2.75) is 13.3 Å². The molecule has 0 fully saturated rings. The Hall–Kier alpha value is -0.610. The second kappa shape index (κ2) is 7.76. The Labute approximate surface area is 86.8 Å². The lowest BCUT2D eigenvalue weighted by molar-refractivity contribution is -0.129. The molecular weight excluding hydrogens is 180 g/mol. The molecule has 0 unspecified atom stereocenters. The van der Waals surface area contributed by atoms with E-state index in [0.717, 1.165) is 26.3 Å². The highest BCUT2D eigenvalue weighted by molar-refractivity contribution is 5.75. The minimum Gasteiger partial charge on any atom is -0.380 e. The molecule has 14 heavy (non-hydrogen) atoms. The maximum atomic E-state index is 11.2. The Bertz CT molecular complexity index is 160. The van der Waals surface area contributed by atoms with Crippen LogP contribution in [0.1, 0.15) is 13.3 Å². The van der Waals surface area contributed by atoms with Gasteiger partial charge >= 0.3 is 0 Å². The molecule has 4 heteroatoms. The molecule has 0 aromatic heterocycles. The molecule has 0 heterocycles. The topological polar surface area (TPSA) is 32.8 Å². The van der Waals surface area contributed by atoms with Crippen LogP contribution in [0.2, 0.25) is 0 Å². The van der Waals surface area contributed by atoms with E-state index in [1.165, 1.54) is 0 Å². The Kier molecular flexibility index (Phi) is 7.42. The molecule has 0 aromatic carbocycles. The molecular formula is C10H22N2O2. The molecule has 0 aliphatic carbocycles. The second-order valence-corrected chi connectivity index (χ2v) is 3.54. The fraction of sp³-hybridized carbons (Fsp3) is 0.900. The maximum absolute atomic E-state index is 11.2. The first-order chi connectivity index (χ1) is 6.57. The van der Waals surface area contributed by atoms with Crippen molar-refractivity contribution in [3.63, 3.8) is 0 Å². The average Bonchev–Trinajstić information content (AvgIpc) is 2.14. The predicted molar refractivity (Wildman–Crippen MR) is 57.3 cm³/mol. The van der Waals surface area contributed by atoms with Crippen LogP contribution in [0.4, 0.5) is 0 Å². The third-order valence-corrected chi connectivity index (χ3v) is 2.03. The molecule has 0 aromatic rings. The molecule has 0 N–H and O–H groups in total. The van der Waals surface area contributed by atoms with E-state index >= 15 is 0 Å². The van der Waals surface area contributed by atoms with Crippen molar-refractivity contribution < 1.29 is 9.53 Å². The Morgan fingerprint density at radius 3 is 2.36 bits per heavy atom. The highest BCUT2D eigenvalue weighted by Crippen LogP contribution is 1.91. The smallest absolute Gasteiger partial charge is 0.223 e. The van der Waals surface area contributed by atoms with Crippen molar-refractivity contribution in [1.29, 1.82) is 0 Å². The van der Waals surface area contributed by atoms with Crippen molar-refractivity contribution in [2.24, 2.45) is 0 Å². The van der Waals surface area contributed by atoms with Gasteiger partial charge in [-0.2, -0.15) is 0 Å². The first-order valence-electron chi connectivity index (χ1n) is 5.04. The average molecular weight is 202 g/mol. The van der Waals surface area contributed by atoms with Crippen LogP contribution in [0.15, 0.2) is 0 Å². The minimum absolute atomic E-state index is 0.174. The van der Waals surface area contributed by atoms with Gasteiger partial charge in [-0.3, -0.25) is 4.79 Å². The molecule has 0 bridgehead atoms. The van der Waals surface area contributed by atoms with Crippen molar-refractivity contribution in [2.75, 3.05) is 47.4 Å². The number of hydrogen-bond acceptors (Lipinski definition) is 3. The zero-order valence-corrected chi connectivity index (χ0v) is 9.75. The third-order valence-electron chi connectivity index (χ3n) is 2.03. The molecule has 0 saturated carbocycles. The van der Waals surface area contributed by atoms with Crippen LogP contribution < -0.4 is 0 Å². The summed E-state index contributed by atoms with van der Waals surface area (Å²) in [6.07, 6.45) is 0.579. The minimum atomic E-state index is 0.174. The number of rotatable bonds is 7. The number of nitrogens with zero attached hydrogens (tertiary/aromatic N) is 2. The first kappa shape index (κ1) is 13.4. The van der Waals surface area contributed by atoms with Gasteiger partial charge in [-0.1, -0.05) is 0 Å². The third kappa shape index (κ3) is 6.86. The summed E-state index contributed by atoms with van der Waals surface area (Å²) in [6.45, 7) is 5.15. The van der Waals surface area contributed by atoms with Gasteiger partial charge in [0.05, 0.1) is 6.61 Å². The number of ether oxygens (including phenoxy) is 1. The zero-order chi connectivity index (χ0) is 11.0.